The van der Waals surface area contributed by atoms with Gasteiger partial charge in [-0.3, -0.25) is 0 Å². The first kappa shape index (κ1) is 11.6. The van der Waals surface area contributed by atoms with Crippen molar-refractivity contribution >= 4 is 27.3 Å². The molecular formula is C11H17BrN2S. The van der Waals surface area contributed by atoms with Crippen molar-refractivity contribution in [1.29, 1.82) is 0 Å². The summed E-state index contributed by atoms with van der Waals surface area (Å²) in [6.45, 7) is 5.59. The Bertz CT molecular complexity index is 313. The number of rotatable bonds is 3. The summed E-state index contributed by atoms with van der Waals surface area (Å²) < 4.78 is 1.24. The summed E-state index contributed by atoms with van der Waals surface area (Å²) in [5.74, 6) is 0.734. The fourth-order valence-electron chi connectivity index (χ4n) is 1.99. The Balaban J connectivity index is 1.84. The van der Waals surface area contributed by atoms with Crippen LogP contribution in [0.2, 0.25) is 0 Å². The normalized spacial score (nSPS) is 26.8. The lowest BCUT2D eigenvalue weighted by molar-refractivity contribution is 0.296. The van der Waals surface area contributed by atoms with Crippen LogP contribution in [0, 0.1) is 5.92 Å². The van der Waals surface area contributed by atoms with Crippen molar-refractivity contribution in [3.63, 3.8) is 0 Å². The highest BCUT2D eigenvalue weighted by molar-refractivity contribution is 9.10. The van der Waals surface area contributed by atoms with Gasteiger partial charge in [-0.2, -0.15) is 0 Å². The molecule has 2 nitrogen and oxygen atoms in total. The third-order valence-corrected chi connectivity index (χ3v) is 4.93. The zero-order chi connectivity index (χ0) is 10.7. The highest BCUT2D eigenvalue weighted by Crippen LogP contribution is 2.23. The van der Waals surface area contributed by atoms with Crippen LogP contribution in [0.5, 0.6) is 0 Å². The van der Waals surface area contributed by atoms with Gasteiger partial charge in [0.15, 0.2) is 0 Å². The maximum absolute atomic E-state index is 3.66. The first-order valence-electron chi connectivity index (χ1n) is 5.43. The van der Waals surface area contributed by atoms with E-state index in [0.29, 0.717) is 6.04 Å². The van der Waals surface area contributed by atoms with Gasteiger partial charge in [-0.25, -0.2) is 0 Å². The molecule has 0 aromatic carbocycles. The van der Waals surface area contributed by atoms with Gasteiger partial charge in [-0.1, -0.05) is 6.92 Å². The molecule has 1 saturated heterocycles. The lowest BCUT2D eigenvalue weighted by Gasteiger charge is -2.30. The fraction of sp³-hybridized carbons (Fsp3) is 0.636. The minimum atomic E-state index is 0.667. The molecule has 0 aliphatic carbocycles. The number of thiophene rings is 1. The molecule has 0 bridgehead atoms. The van der Waals surface area contributed by atoms with Gasteiger partial charge >= 0.3 is 0 Å². The molecule has 1 aromatic heterocycles. The number of halogens is 1. The molecule has 2 heterocycles. The summed E-state index contributed by atoms with van der Waals surface area (Å²) >= 11 is 5.38. The second-order valence-electron chi connectivity index (χ2n) is 4.15. The largest absolute Gasteiger partial charge is 0.316 e. The van der Waals surface area contributed by atoms with Crippen molar-refractivity contribution in [2.75, 3.05) is 13.1 Å². The topological polar surface area (TPSA) is 24.1 Å². The number of piperidine rings is 1. The molecule has 2 atom stereocenters. The Labute approximate surface area is 104 Å². The van der Waals surface area contributed by atoms with E-state index in [2.05, 4.69) is 44.9 Å². The first-order valence-corrected chi connectivity index (χ1v) is 7.10. The van der Waals surface area contributed by atoms with Crippen LogP contribution in [0.25, 0.3) is 0 Å². The first-order chi connectivity index (χ1) is 7.27. The van der Waals surface area contributed by atoms with Crippen molar-refractivity contribution in [3.8, 4) is 0 Å². The Morgan fingerprint density at radius 1 is 1.67 bits per heavy atom. The average Bonchev–Trinajstić information content (AvgIpc) is 2.63. The Morgan fingerprint density at radius 3 is 3.20 bits per heavy atom. The monoisotopic (exact) mass is 288 g/mol. The molecule has 84 valence electrons. The molecule has 1 fully saturated rings. The van der Waals surface area contributed by atoms with Gasteiger partial charge < -0.3 is 10.6 Å². The number of hydrogen-bond donors (Lipinski definition) is 2. The number of nitrogens with one attached hydrogen (secondary N) is 2. The second-order valence-corrected chi connectivity index (χ2v) is 6.00. The van der Waals surface area contributed by atoms with Gasteiger partial charge in [0.25, 0.3) is 0 Å². The van der Waals surface area contributed by atoms with E-state index in [9.17, 15) is 0 Å². The van der Waals surface area contributed by atoms with Crippen LogP contribution in [0.15, 0.2) is 15.9 Å². The maximum Gasteiger partial charge on any atom is 0.0327 e. The van der Waals surface area contributed by atoms with E-state index >= 15 is 0 Å². The van der Waals surface area contributed by atoms with Crippen LogP contribution in [-0.2, 0) is 6.54 Å². The van der Waals surface area contributed by atoms with Gasteiger partial charge in [-0.15, -0.1) is 11.3 Å². The molecule has 4 heteroatoms. The minimum absolute atomic E-state index is 0.667. The van der Waals surface area contributed by atoms with Crippen LogP contribution in [0.1, 0.15) is 18.2 Å². The quantitative estimate of drug-likeness (QED) is 0.894. The van der Waals surface area contributed by atoms with Gasteiger partial charge in [0.2, 0.25) is 0 Å². The zero-order valence-corrected chi connectivity index (χ0v) is 11.3. The zero-order valence-electron chi connectivity index (χ0n) is 8.92. The Morgan fingerprint density at radius 2 is 2.53 bits per heavy atom. The molecule has 1 aliphatic heterocycles. The van der Waals surface area contributed by atoms with E-state index in [0.717, 1.165) is 25.6 Å². The summed E-state index contributed by atoms with van der Waals surface area (Å²) in [6.07, 6.45) is 1.24. The average molecular weight is 289 g/mol. The summed E-state index contributed by atoms with van der Waals surface area (Å²) in [7, 11) is 0. The lowest BCUT2D eigenvalue weighted by atomic mass is 9.95. The van der Waals surface area contributed by atoms with Crippen molar-refractivity contribution in [2.45, 2.75) is 25.9 Å². The molecule has 2 rings (SSSR count). The fourth-order valence-corrected chi connectivity index (χ4v) is 3.44. The Kier molecular flexibility index (Phi) is 4.20. The summed E-state index contributed by atoms with van der Waals surface area (Å²) in [5, 5.41) is 9.21. The third-order valence-electron chi connectivity index (χ3n) is 3.00. The van der Waals surface area contributed by atoms with Crippen molar-refractivity contribution in [3.05, 3.63) is 20.8 Å². The van der Waals surface area contributed by atoms with Crippen LogP contribution in [0.3, 0.4) is 0 Å². The van der Waals surface area contributed by atoms with E-state index in [1.54, 1.807) is 0 Å². The van der Waals surface area contributed by atoms with E-state index in [1.165, 1.54) is 15.8 Å². The molecule has 0 saturated carbocycles. The second kappa shape index (κ2) is 5.43. The maximum atomic E-state index is 3.66. The molecule has 0 radical (unpaired) electrons. The third kappa shape index (κ3) is 3.03. The predicted molar refractivity (Wildman–Crippen MR) is 69.3 cm³/mol. The summed E-state index contributed by atoms with van der Waals surface area (Å²) in [4.78, 5) is 1.40. The smallest absolute Gasteiger partial charge is 0.0327 e. The van der Waals surface area contributed by atoms with Gasteiger partial charge in [-0.05, 0) is 52.8 Å². The SMILES string of the molecule is CC1CNCCC1NCc1sccc1Br. The van der Waals surface area contributed by atoms with Gasteiger partial charge in [0.1, 0.15) is 0 Å². The van der Waals surface area contributed by atoms with Crippen LogP contribution in [0.4, 0.5) is 0 Å². The van der Waals surface area contributed by atoms with E-state index < -0.39 is 0 Å². The summed E-state index contributed by atoms with van der Waals surface area (Å²) in [6, 6.07) is 2.79. The molecule has 2 unspecified atom stereocenters. The van der Waals surface area contributed by atoms with Crippen LogP contribution in [-0.4, -0.2) is 19.1 Å². The van der Waals surface area contributed by atoms with E-state index in [4.69, 9.17) is 0 Å². The van der Waals surface area contributed by atoms with E-state index in [-0.39, 0.29) is 0 Å². The summed E-state index contributed by atoms with van der Waals surface area (Å²) in [5.41, 5.74) is 0. The van der Waals surface area contributed by atoms with Crippen molar-refractivity contribution < 1.29 is 0 Å². The molecule has 1 aliphatic rings. The molecule has 2 N–H and O–H groups in total. The van der Waals surface area contributed by atoms with E-state index in [1.807, 2.05) is 11.3 Å². The standard InChI is InChI=1S/C11H17BrN2S/c1-8-6-13-4-2-10(8)14-7-11-9(12)3-5-15-11/h3,5,8,10,13-14H,2,4,6-7H2,1H3. The van der Waals surface area contributed by atoms with Gasteiger partial charge in [0.05, 0.1) is 0 Å². The molecule has 0 spiro atoms. The molecule has 15 heavy (non-hydrogen) atoms. The molecule has 0 amide bonds. The minimum Gasteiger partial charge on any atom is -0.316 e. The highest BCUT2D eigenvalue weighted by Gasteiger charge is 2.20. The molecular weight excluding hydrogens is 272 g/mol. The van der Waals surface area contributed by atoms with Gasteiger partial charge in [0, 0.05) is 21.9 Å². The number of hydrogen-bond acceptors (Lipinski definition) is 3. The Hall–Kier alpha value is 0.100. The van der Waals surface area contributed by atoms with Crippen molar-refractivity contribution in [2.24, 2.45) is 5.92 Å². The van der Waals surface area contributed by atoms with Crippen LogP contribution < -0.4 is 10.6 Å². The predicted octanol–water partition coefficient (Wildman–Crippen LogP) is 2.60. The van der Waals surface area contributed by atoms with Crippen molar-refractivity contribution in [1.82, 2.24) is 10.6 Å². The lowest BCUT2D eigenvalue weighted by Crippen LogP contribution is -2.45. The van der Waals surface area contributed by atoms with Crippen LogP contribution >= 0.6 is 27.3 Å². The highest BCUT2D eigenvalue weighted by atomic mass is 79.9. The molecule has 1 aromatic rings.